The fourth-order valence-corrected chi connectivity index (χ4v) is 3.43. The third kappa shape index (κ3) is 3.20. The van der Waals surface area contributed by atoms with Gasteiger partial charge in [-0.05, 0) is 31.0 Å². The first kappa shape index (κ1) is 15.8. The van der Waals surface area contributed by atoms with Gasteiger partial charge in [-0.3, -0.25) is 0 Å². The highest BCUT2D eigenvalue weighted by molar-refractivity contribution is 7.89. The number of aliphatic hydroxyl groups is 1. The zero-order valence-electron chi connectivity index (χ0n) is 12.2. The average molecular weight is 311 g/mol. The lowest BCUT2D eigenvalue weighted by Crippen LogP contribution is -2.41. The zero-order chi connectivity index (χ0) is 15.7. The van der Waals surface area contributed by atoms with Crippen molar-refractivity contribution in [3.8, 4) is 0 Å². The van der Waals surface area contributed by atoms with E-state index in [0.29, 0.717) is 29.4 Å². The summed E-state index contributed by atoms with van der Waals surface area (Å²) in [5, 5.41) is 10.7. The predicted molar refractivity (Wildman–Crippen MR) is 83.4 cm³/mol. The van der Waals surface area contributed by atoms with E-state index in [1.165, 1.54) is 6.20 Å². The van der Waals surface area contributed by atoms with Crippen molar-refractivity contribution in [3.05, 3.63) is 24.4 Å². The Morgan fingerprint density at radius 1 is 1.33 bits per heavy atom. The molecule has 0 aliphatic rings. The molecule has 1 aromatic carbocycles. The van der Waals surface area contributed by atoms with E-state index in [9.17, 15) is 13.5 Å². The van der Waals surface area contributed by atoms with E-state index in [0.717, 1.165) is 0 Å². The molecule has 21 heavy (non-hydrogen) atoms. The summed E-state index contributed by atoms with van der Waals surface area (Å²) in [4.78, 5) is 3.05. The maximum atomic E-state index is 12.4. The number of rotatable bonds is 6. The third-order valence-corrected chi connectivity index (χ3v) is 5.31. The highest BCUT2D eigenvalue weighted by Crippen LogP contribution is 2.25. The van der Waals surface area contributed by atoms with Crippen LogP contribution in [0.25, 0.3) is 10.9 Å². The highest BCUT2D eigenvalue weighted by atomic mass is 32.2. The lowest BCUT2D eigenvalue weighted by Gasteiger charge is -2.25. The van der Waals surface area contributed by atoms with Gasteiger partial charge in [-0.1, -0.05) is 13.8 Å². The van der Waals surface area contributed by atoms with Crippen LogP contribution in [-0.2, 0) is 10.0 Å². The van der Waals surface area contributed by atoms with Gasteiger partial charge in [0.15, 0.2) is 0 Å². The van der Waals surface area contributed by atoms with Crippen molar-refractivity contribution in [1.29, 1.82) is 0 Å². The number of nitrogens with two attached hydrogens (primary N) is 1. The Hall–Kier alpha value is -1.57. The number of fused-ring (bicyclic) bond motifs is 1. The molecule has 0 spiro atoms. The number of H-pyrrole nitrogens is 1. The Labute approximate surface area is 124 Å². The van der Waals surface area contributed by atoms with E-state index < -0.39 is 15.6 Å². The number of nitrogens with one attached hydrogen (secondary N) is 2. The van der Waals surface area contributed by atoms with Crippen LogP contribution in [0.2, 0.25) is 0 Å². The Morgan fingerprint density at radius 2 is 2.00 bits per heavy atom. The summed E-state index contributed by atoms with van der Waals surface area (Å²) >= 11 is 0. The fourth-order valence-electron chi connectivity index (χ4n) is 2.14. The summed E-state index contributed by atoms with van der Waals surface area (Å²) < 4.78 is 27.3. The van der Waals surface area contributed by atoms with Gasteiger partial charge in [-0.15, -0.1) is 0 Å². The van der Waals surface area contributed by atoms with Crippen LogP contribution in [0, 0.1) is 0 Å². The molecule has 2 rings (SSSR count). The summed E-state index contributed by atoms with van der Waals surface area (Å²) in [6, 6.07) is 5.06. The van der Waals surface area contributed by atoms with Crippen molar-refractivity contribution in [2.45, 2.75) is 37.2 Å². The van der Waals surface area contributed by atoms with Crippen LogP contribution < -0.4 is 10.5 Å². The van der Waals surface area contributed by atoms with Gasteiger partial charge in [-0.25, -0.2) is 13.1 Å². The van der Waals surface area contributed by atoms with Gasteiger partial charge >= 0.3 is 0 Å². The van der Waals surface area contributed by atoms with E-state index >= 15 is 0 Å². The van der Waals surface area contributed by atoms with Crippen LogP contribution >= 0.6 is 0 Å². The lowest BCUT2D eigenvalue weighted by molar-refractivity contribution is 0.0377. The van der Waals surface area contributed by atoms with Gasteiger partial charge in [0.05, 0.1) is 5.60 Å². The first-order chi connectivity index (χ1) is 9.81. The Bertz CT molecular complexity index is 733. The number of aromatic nitrogens is 1. The minimum atomic E-state index is -3.71. The van der Waals surface area contributed by atoms with Gasteiger partial charge < -0.3 is 15.8 Å². The smallest absolute Gasteiger partial charge is 0.242 e. The highest BCUT2D eigenvalue weighted by Gasteiger charge is 2.26. The second kappa shape index (κ2) is 5.67. The van der Waals surface area contributed by atoms with Gasteiger partial charge in [0.2, 0.25) is 10.0 Å². The number of hydrogen-bond acceptors (Lipinski definition) is 4. The minimum absolute atomic E-state index is 0.0165. The van der Waals surface area contributed by atoms with Gasteiger partial charge in [0.1, 0.15) is 4.90 Å². The van der Waals surface area contributed by atoms with Crippen molar-refractivity contribution >= 4 is 26.6 Å². The Kier molecular flexibility index (Phi) is 4.27. The molecule has 2 aromatic rings. The normalized spacial score (nSPS) is 12.9. The molecule has 0 atom stereocenters. The SMILES string of the molecule is CCC(O)(CC)CNS(=O)(=O)c1c[nH]c2ccc(N)cc12. The number of sulfonamides is 1. The molecule has 0 amide bonds. The van der Waals surface area contributed by atoms with E-state index in [1.54, 1.807) is 18.2 Å². The molecule has 0 bridgehead atoms. The number of aromatic amines is 1. The second-order valence-corrected chi connectivity index (χ2v) is 6.95. The van der Waals surface area contributed by atoms with E-state index in [4.69, 9.17) is 5.73 Å². The molecule has 7 heteroatoms. The summed E-state index contributed by atoms with van der Waals surface area (Å²) in [5.74, 6) is 0. The maximum absolute atomic E-state index is 12.4. The Balaban J connectivity index is 2.32. The maximum Gasteiger partial charge on any atom is 0.242 e. The zero-order valence-corrected chi connectivity index (χ0v) is 13.0. The number of anilines is 1. The molecule has 1 aromatic heterocycles. The van der Waals surface area contributed by atoms with Crippen LogP contribution in [0.4, 0.5) is 5.69 Å². The minimum Gasteiger partial charge on any atom is -0.399 e. The molecule has 0 fully saturated rings. The molecule has 116 valence electrons. The molecule has 0 saturated carbocycles. The van der Waals surface area contributed by atoms with E-state index in [2.05, 4.69) is 9.71 Å². The van der Waals surface area contributed by atoms with Crippen LogP contribution in [0.15, 0.2) is 29.3 Å². The third-order valence-electron chi connectivity index (χ3n) is 3.86. The Morgan fingerprint density at radius 3 is 2.62 bits per heavy atom. The van der Waals surface area contributed by atoms with Crippen molar-refractivity contribution in [1.82, 2.24) is 9.71 Å². The molecular weight excluding hydrogens is 290 g/mol. The van der Waals surface area contributed by atoms with Gasteiger partial charge in [0, 0.05) is 29.3 Å². The average Bonchev–Trinajstić information content (AvgIpc) is 2.88. The molecule has 0 saturated heterocycles. The second-order valence-electron chi connectivity index (χ2n) is 5.21. The lowest BCUT2D eigenvalue weighted by atomic mass is 9.98. The van der Waals surface area contributed by atoms with Crippen molar-refractivity contribution in [3.63, 3.8) is 0 Å². The van der Waals surface area contributed by atoms with Crippen LogP contribution in [0.3, 0.4) is 0 Å². The standard InChI is InChI=1S/C14H21N3O3S/c1-3-14(18,4-2)9-17-21(19,20)13-8-16-12-6-5-10(15)7-11(12)13/h5-8,16-18H,3-4,9,15H2,1-2H3. The monoisotopic (exact) mass is 311 g/mol. The number of benzene rings is 1. The molecule has 1 heterocycles. The van der Waals surface area contributed by atoms with Gasteiger partial charge in [-0.2, -0.15) is 0 Å². The van der Waals surface area contributed by atoms with Crippen molar-refractivity contribution in [2.75, 3.05) is 12.3 Å². The summed E-state index contributed by atoms with van der Waals surface area (Å²) in [7, 11) is -3.71. The quantitative estimate of drug-likeness (QED) is 0.607. The summed E-state index contributed by atoms with van der Waals surface area (Å²) in [6.45, 7) is 3.63. The molecule has 0 unspecified atom stereocenters. The van der Waals surface area contributed by atoms with Crippen LogP contribution in [0.1, 0.15) is 26.7 Å². The molecular formula is C14H21N3O3S. The number of nitrogen functional groups attached to an aromatic ring is 1. The molecule has 6 nitrogen and oxygen atoms in total. The van der Waals surface area contributed by atoms with E-state index in [-0.39, 0.29) is 11.4 Å². The summed E-state index contributed by atoms with van der Waals surface area (Å²) in [6.07, 6.45) is 2.39. The first-order valence-corrected chi connectivity index (χ1v) is 8.38. The van der Waals surface area contributed by atoms with Gasteiger partial charge in [0.25, 0.3) is 0 Å². The topological polar surface area (TPSA) is 108 Å². The molecule has 0 radical (unpaired) electrons. The molecule has 0 aliphatic carbocycles. The molecule has 5 N–H and O–H groups in total. The van der Waals surface area contributed by atoms with Crippen molar-refractivity contribution in [2.24, 2.45) is 0 Å². The largest absolute Gasteiger partial charge is 0.399 e. The predicted octanol–water partition coefficient (Wildman–Crippen LogP) is 1.58. The van der Waals surface area contributed by atoms with Crippen molar-refractivity contribution < 1.29 is 13.5 Å². The van der Waals surface area contributed by atoms with E-state index in [1.807, 2.05) is 13.8 Å². The molecule has 0 aliphatic heterocycles. The van der Waals surface area contributed by atoms with Crippen LogP contribution in [-0.4, -0.2) is 30.7 Å². The van der Waals surface area contributed by atoms with Crippen LogP contribution in [0.5, 0.6) is 0 Å². The summed E-state index contributed by atoms with van der Waals surface area (Å²) in [5.41, 5.74) is 5.88. The number of hydrogen-bond donors (Lipinski definition) is 4. The first-order valence-electron chi connectivity index (χ1n) is 6.90. The fraction of sp³-hybridized carbons (Fsp3) is 0.429.